The van der Waals surface area contributed by atoms with Gasteiger partial charge in [0.15, 0.2) is 8.68 Å². The molecule has 2 unspecified atom stereocenters. The molecule has 2 rings (SSSR count). The maximum Gasteiger partial charge on any atom is 0.252 e. The van der Waals surface area contributed by atoms with Crippen LogP contribution in [0.25, 0.3) is 0 Å². The number of aryl methyl sites for hydroxylation is 1. The molecule has 15 heavy (non-hydrogen) atoms. The first-order chi connectivity index (χ1) is 6.90. The zero-order valence-electron chi connectivity index (χ0n) is 7.70. The van der Waals surface area contributed by atoms with Crippen LogP contribution in [0, 0.1) is 6.92 Å². The summed E-state index contributed by atoms with van der Waals surface area (Å²) < 4.78 is 38.4. The standard InChI is InChI=1S/C7H8ClFN2O2S2/c1-3-6(14-7(8)10-3)15(12,13)11-5-2-4(5)9/h4-5,11H,2H2,1H3. The van der Waals surface area contributed by atoms with Gasteiger partial charge >= 0.3 is 0 Å². The Labute approximate surface area is 95.5 Å². The highest BCUT2D eigenvalue weighted by Gasteiger charge is 2.41. The van der Waals surface area contributed by atoms with Crippen molar-refractivity contribution in [2.24, 2.45) is 0 Å². The molecule has 1 aliphatic carbocycles. The van der Waals surface area contributed by atoms with Crippen molar-refractivity contribution < 1.29 is 12.8 Å². The first-order valence-electron chi connectivity index (χ1n) is 4.19. The van der Waals surface area contributed by atoms with E-state index in [1.807, 2.05) is 0 Å². The number of thiazole rings is 1. The number of hydrogen-bond donors (Lipinski definition) is 1. The van der Waals surface area contributed by atoms with E-state index < -0.39 is 22.2 Å². The Balaban J connectivity index is 2.25. The molecule has 1 aromatic heterocycles. The van der Waals surface area contributed by atoms with E-state index in [1.165, 1.54) is 0 Å². The third kappa shape index (κ3) is 2.30. The van der Waals surface area contributed by atoms with Crippen LogP contribution in [-0.2, 0) is 10.0 Å². The van der Waals surface area contributed by atoms with Gasteiger partial charge < -0.3 is 0 Å². The minimum absolute atomic E-state index is 0.0617. The summed E-state index contributed by atoms with van der Waals surface area (Å²) in [5.74, 6) is 0. The summed E-state index contributed by atoms with van der Waals surface area (Å²) in [6.07, 6.45) is -0.825. The monoisotopic (exact) mass is 270 g/mol. The third-order valence-electron chi connectivity index (χ3n) is 1.99. The van der Waals surface area contributed by atoms with Gasteiger partial charge in [-0.05, 0) is 13.3 Å². The number of alkyl halides is 1. The van der Waals surface area contributed by atoms with Crippen LogP contribution in [0.4, 0.5) is 4.39 Å². The molecule has 0 aliphatic heterocycles. The summed E-state index contributed by atoms with van der Waals surface area (Å²) in [4.78, 5) is 3.80. The molecule has 1 fully saturated rings. The minimum Gasteiger partial charge on any atom is -0.246 e. The fourth-order valence-electron chi connectivity index (χ4n) is 1.14. The number of nitrogens with zero attached hydrogens (tertiary/aromatic N) is 1. The van der Waals surface area contributed by atoms with Crippen molar-refractivity contribution >= 4 is 33.0 Å². The van der Waals surface area contributed by atoms with Crippen LogP contribution >= 0.6 is 22.9 Å². The van der Waals surface area contributed by atoms with Crippen molar-refractivity contribution in [3.05, 3.63) is 10.2 Å². The van der Waals surface area contributed by atoms with E-state index in [2.05, 4.69) is 9.71 Å². The lowest BCUT2D eigenvalue weighted by Gasteiger charge is -2.02. The summed E-state index contributed by atoms with van der Waals surface area (Å²) in [6.45, 7) is 1.55. The van der Waals surface area contributed by atoms with Crippen molar-refractivity contribution in [3.8, 4) is 0 Å². The van der Waals surface area contributed by atoms with Crippen LogP contribution in [0.1, 0.15) is 12.1 Å². The molecule has 1 aromatic rings. The largest absolute Gasteiger partial charge is 0.252 e. The van der Waals surface area contributed by atoms with Crippen molar-refractivity contribution in [3.63, 3.8) is 0 Å². The van der Waals surface area contributed by atoms with E-state index in [1.54, 1.807) is 6.92 Å². The van der Waals surface area contributed by atoms with Crippen LogP contribution in [0.5, 0.6) is 0 Å². The second-order valence-corrected chi connectivity index (χ2v) is 6.81. The van der Waals surface area contributed by atoms with Gasteiger partial charge in [-0.3, -0.25) is 0 Å². The summed E-state index contributed by atoms with van der Waals surface area (Å²) in [5.41, 5.74) is 0.341. The Morgan fingerprint density at radius 2 is 2.27 bits per heavy atom. The maximum absolute atomic E-state index is 12.6. The number of hydrogen-bond acceptors (Lipinski definition) is 4. The predicted molar refractivity (Wildman–Crippen MR) is 55.5 cm³/mol. The lowest BCUT2D eigenvalue weighted by molar-refractivity contribution is 0.459. The van der Waals surface area contributed by atoms with Crippen LogP contribution in [0.15, 0.2) is 4.21 Å². The zero-order valence-corrected chi connectivity index (χ0v) is 10.1. The van der Waals surface area contributed by atoms with Crippen LogP contribution < -0.4 is 4.72 Å². The molecule has 1 N–H and O–H groups in total. The molecule has 0 aromatic carbocycles. The summed E-state index contributed by atoms with van der Waals surface area (Å²) in [6, 6.07) is -0.588. The molecule has 4 nitrogen and oxygen atoms in total. The molecule has 8 heteroatoms. The molecular weight excluding hydrogens is 263 g/mol. The van der Waals surface area contributed by atoms with Gasteiger partial charge in [0.1, 0.15) is 6.17 Å². The first kappa shape index (κ1) is 11.3. The molecule has 0 saturated heterocycles. The smallest absolute Gasteiger partial charge is 0.246 e. The minimum atomic E-state index is -3.66. The number of nitrogens with one attached hydrogen (secondary N) is 1. The fraction of sp³-hybridized carbons (Fsp3) is 0.571. The van der Waals surface area contributed by atoms with Gasteiger partial charge in [0, 0.05) is 0 Å². The topological polar surface area (TPSA) is 59.1 Å². The van der Waals surface area contributed by atoms with Gasteiger partial charge in [0.2, 0.25) is 0 Å². The Morgan fingerprint density at radius 1 is 1.67 bits per heavy atom. The third-order valence-corrected chi connectivity index (χ3v) is 5.35. The Kier molecular flexibility index (Phi) is 2.74. The maximum atomic E-state index is 12.6. The van der Waals surface area contributed by atoms with Gasteiger partial charge in [0.25, 0.3) is 10.0 Å². The highest BCUT2D eigenvalue weighted by atomic mass is 35.5. The molecule has 84 valence electrons. The highest BCUT2D eigenvalue weighted by Crippen LogP contribution is 2.30. The molecule has 0 bridgehead atoms. The van der Waals surface area contributed by atoms with Gasteiger partial charge in [0.05, 0.1) is 11.7 Å². The van der Waals surface area contributed by atoms with Gasteiger partial charge in [-0.25, -0.2) is 22.5 Å². The Bertz CT molecular complexity index is 487. The van der Waals surface area contributed by atoms with Crippen molar-refractivity contribution in [2.75, 3.05) is 0 Å². The van der Waals surface area contributed by atoms with E-state index >= 15 is 0 Å². The quantitative estimate of drug-likeness (QED) is 0.905. The molecule has 0 radical (unpaired) electrons. The van der Waals surface area contributed by atoms with Crippen molar-refractivity contribution in [1.29, 1.82) is 0 Å². The number of rotatable bonds is 3. The Morgan fingerprint density at radius 3 is 2.67 bits per heavy atom. The molecule has 1 aliphatic rings. The summed E-state index contributed by atoms with van der Waals surface area (Å²) >= 11 is 6.47. The van der Waals surface area contributed by atoms with Crippen LogP contribution in [-0.4, -0.2) is 25.6 Å². The molecular formula is C7H8ClFN2O2S2. The molecule has 1 saturated carbocycles. The number of halogens is 2. The second kappa shape index (κ2) is 3.65. The number of sulfonamides is 1. The average molecular weight is 271 g/mol. The molecule has 0 amide bonds. The molecule has 1 heterocycles. The summed E-state index contributed by atoms with van der Waals surface area (Å²) in [5, 5.41) is 0. The van der Waals surface area contributed by atoms with Gasteiger partial charge in [-0.15, -0.1) is 0 Å². The molecule has 0 spiro atoms. The first-order valence-corrected chi connectivity index (χ1v) is 6.87. The highest BCUT2D eigenvalue weighted by molar-refractivity contribution is 7.91. The van der Waals surface area contributed by atoms with Crippen molar-refractivity contribution in [2.45, 2.75) is 29.8 Å². The fourth-order valence-corrected chi connectivity index (χ4v) is 4.17. The normalized spacial score (nSPS) is 25.5. The van der Waals surface area contributed by atoms with Crippen molar-refractivity contribution in [1.82, 2.24) is 9.71 Å². The number of aromatic nitrogens is 1. The van der Waals surface area contributed by atoms with Gasteiger partial charge in [-0.1, -0.05) is 22.9 Å². The zero-order chi connectivity index (χ0) is 11.2. The lowest BCUT2D eigenvalue weighted by atomic mass is 10.6. The SMILES string of the molecule is Cc1nc(Cl)sc1S(=O)(=O)NC1CC1F. The Hall–Kier alpha value is -0.240. The van der Waals surface area contributed by atoms with Crippen LogP contribution in [0.2, 0.25) is 4.47 Å². The summed E-state index contributed by atoms with van der Waals surface area (Å²) in [7, 11) is -3.66. The van der Waals surface area contributed by atoms with E-state index in [9.17, 15) is 12.8 Å². The van der Waals surface area contributed by atoms with E-state index in [0.717, 1.165) is 11.3 Å². The molecule has 2 atom stereocenters. The average Bonchev–Trinajstić information content (AvgIpc) is 2.62. The van der Waals surface area contributed by atoms with Crippen LogP contribution in [0.3, 0.4) is 0 Å². The van der Waals surface area contributed by atoms with E-state index in [4.69, 9.17) is 11.6 Å². The second-order valence-electron chi connectivity index (χ2n) is 3.32. The van der Waals surface area contributed by atoms with E-state index in [-0.39, 0.29) is 15.1 Å². The van der Waals surface area contributed by atoms with Gasteiger partial charge in [-0.2, -0.15) is 0 Å². The predicted octanol–water partition coefficient (Wildman–Crippen LogP) is 1.49. The van der Waals surface area contributed by atoms with E-state index in [0.29, 0.717) is 5.69 Å². The lowest BCUT2D eigenvalue weighted by Crippen LogP contribution is -2.27.